The van der Waals surface area contributed by atoms with E-state index in [9.17, 15) is 0 Å². The third kappa shape index (κ3) is 3.90. The Bertz CT molecular complexity index is 2620. The molecule has 10 rings (SSSR count). The summed E-state index contributed by atoms with van der Waals surface area (Å²) in [6, 6.07) is 39.3. The molecule has 50 heavy (non-hydrogen) atoms. The molecule has 2 nitrogen and oxygen atoms in total. The molecule has 0 N–H and O–H groups in total. The Morgan fingerprint density at radius 1 is 0.400 bits per heavy atom. The van der Waals surface area contributed by atoms with Gasteiger partial charge in [0.05, 0.1) is 14.2 Å². The number of ether oxygens (including phenoxy) is 2. The third-order valence-electron chi connectivity index (χ3n) is 11.0. The van der Waals surface area contributed by atoms with Crippen molar-refractivity contribution in [1.82, 2.24) is 0 Å². The lowest BCUT2D eigenvalue weighted by atomic mass is 9.86. The van der Waals surface area contributed by atoms with Crippen molar-refractivity contribution >= 4 is 43.8 Å². The monoisotopic (exact) mass is 642 g/mol. The van der Waals surface area contributed by atoms with Crippen molar-refractivity contribution in [3.63, 3.8) is 0 Å². The van der Waals surface area contributed by atoms with E-state index in [4.69, 9.17) is 9.47 Å². The van der Waals surface area contributed by atoms with Crippen LogP contribution in [0.2, 0.25) is 0 Å². The van der Waals surface area contributed by atoms with Gasteiger partial charge in [0, 0.05) is 33.4 Å². The van der Waals surface area contributed by atoms with Crippen LogP contribution >= 0.6 is 0 Å². The summed E-state index contributed by atoms with van der Waals surface area (Å²) in [4.78, 5) is 0. The first kappa shape index (κ1) is 28.9. The Labute approximate surface area is 290 Å². The van der Waals surface area contributed by atoms with E-state index in [1.165, 1.54) is 54.6 Å². The summed E-state index contributed by atoms with van der Waals surface area (Å²) in [5, 5.41) is 9.58. The molecule has 0 radical (unpaired) electrons. The van der Waals surface area contributed by atoms with E-state index in [1.54, 1.807) is 0 Å². The van der Waals surface area contributed by atoms with Gasteiger partial charge in [-0.25, -0.2) is 0 Å². The van der Waals surface area contributed by atoms with Crippen LogP contribution in [-0.4, -0.2) is 14.2 Å². The topological polar surface area (TPSA) is 18.5 Å². The molecule has 0 saturated heterocycles. The minimum absolute atomic E-state index is 0.125. The van der Waals surface area contributed by atoms with Crippen molar-refractivity contribution in [2.75, 3.05) is 14.2 Å². The molecule has 0 aromatic heterocycles. The summed E-state index contributed by atoms with van der Waals surface area (Å²) in [7, 11) is 3.66. The number of allylic oxidation sites excluding steroid dienone is 8. The van der Waals surface area contributed by atoms with Crippen LogP contribution in [0.25, 0.3) is 55.0 Å². The SMILES string of the molecule is COc1c(-c2c(OC)c3c(c4ccccc24)=C2C=CC=C[C@H]2C=3c2ccccc2)c2ccccc2c2c1=C(c1ccccc1)[C@H]1C=CC=CC=21. The zero-order valence-electron chi connectivity index (χ0n) is 28.0. The minimum Gasteiger partial charge on any atom is -0.495 e. The summed E-state index contributed by atoms with van der Waals surface area (Å²) in [6.07, 6.45) is 17.9. The van der Waals surface area contributed by atoms with Crippen LogP contribution in [-0.2, 0) is 0 Å². The summed E-state index contributed by atoms with van der Waals surface area (Å²) in [5.41, 5.74) is 9.72. The van der Waals surface area contributed by atoms with E-state index in [0.717, 1.165) is 43.8 Å². The highest BCUT2D eigenvalue weighted by Gasteiger charge is 2.34. The first-order chi connectivity index (χ1) is 24.8. The molecule has 4 aliphatic rings. The van der Waals surface area contributed by atoms with Gasteiger partial charge in [0.15, 0.2) is 0 Å². The average Bonchev–Trinajstić information content (AvgIpc) is 3.72. The van der Waals surface area contributed by atoms with Crippen LogP contribution in [0.5, 0.6) is 11.5 Å². The summed E-state index contributed by atoms with van der Waals surface area (Å²) in [5.74, 6) is 2.02. The molecule has 0 amide bonds. The van der Waals surface area contributed by atoms with Crippen LogP contribution in [0.4, 0.5) is 0 Å². The highest BCUT2D eigenvalue weighted by molar-refractivity contribution is 6.13. The van der Waals surface area contributed by atoms with Gasteiger partial charge in [-0.2, -0.15) is 0 Å². The molecule has 6 aromatic rings. The van der Waals surface area contributed by atoms with Gasteiger partial charge in [-0.15, -0.1) is 0 Å². The Hall–Kier alpha value is -6.12. The lowest BCUT2D eigenvalue weighted by Gasteiger charge is -2.21. The second-order valence-electron chi connectivity index (χ2n) is 13.3. The second-order valence-corrected chi connectivity index (χ2v) is 13.3. The quantitative estimate of drug-likeness (QED) is 0.191. The second kappa shape index (κ2) is 11.2. The predicted molar refractivity (Wildman–Crippen MR) is 207 cm³/mol. The number of methoxy groups -OCH3 is 2. The molecule has 0 spiro atoms. The third-order valence-corrected chi connectivity index (χ3v) is 11.0. The van der Waals surface area contributed by atoms with Crippen LogP contribution in [0.15, 0.2) is 158 Å². The maximum absolute atomic E-state index is 6.71. The van der Waals surface area contributed by atoms with Crippen molar-refractivity contribution in [2.24, 2.45) is 11.8 Å². The van der Waals surface area contributed by atoms with E-state index in [2.05, 4.69) is 158 Å². The van der Waals surface area contributed by atoms with E-state index in [1.807, 2.05) is 14.2 Å². The normalized spacial score (nSPS) is 18.1. The number of hydrogen-bond donors (Lipinski definition) is 0. The molecule has 0 bridgehead atoms. The van der Waals surface area contributed by atoms with Crippen molar-refractivity contribution < 1.29 is 9.47 Å². The molecule has 4 aliphatic carbocycles. The lowest BCUT2D eigenvalue weighted by molar-refractivity contribution is 0.407. The summed E-state index contributed by atoms with van der Waals surface area (Å²) < 4.78 is 13.4. The van der Waals surface area contributed by atoms with Crippen LogP contribution in [0.3, 0.4) is 0 Å². The first-order valence-corrected chi connectivity index (χ1v) is 17.3. The molecule has 238 valence electrons. The van der Waals surface area contributed by atoms with Gasteiger partial charge in [-0.3, -0.25) is 0 Å². The van der Waals surface area contributed by atoms with Crippen molar-refractivity contribution in [1.29, 1.82) is 0 Å². The molecule has 0 heterocycles. The van der Waals surface area contributed by atoms with Crippen LogP contribution < -0.4 is 30.3 Å². The molecule has 2 heteroatoms. The van der Waals surface area contributed by atoms with E-state index < -0.39 is 0 Å². The maximum Gasteiger partial charge on any atom is 0.135 e. The molecule has 0 fully saturated rings. The van der Waals surface area contributed by atoms with E-state index in [0.29, 0.717) is 0 Å². The summed E-state index contributed by atoms with van der Waals surface area (Å²) >= 11 is 0. The number of fused-ring (bicyclic) bond motifs is 8. The standard InChI is InChI=1S/C48H34O2/c1-49-47-43(37-27-15-13-25-35(37)41-33-23-11-9-21-31(33)39(45(41)47)29-17-5-3-6-18-29)44-38-28-16-14-26-36(38)42-34-24-12-10-22-32(34)40(46(42)48(44)50-2)30-19-7-4-8-20-30/h3-28,31-32H,1-2H3/t31-,32+. The lowest BCUT2D eigenvalue weighted by Crippen LogP contribution is -2.30. The van der Waals surface area contributed by atoms with E-state index >= 15 is 0 Å². The van der Waals surface area contributed by atoms with Gasteiger partial charge in [-0.05, 0) is 65.4 Å². The van der Waals surface area contributed by atoms with Crippen LogP contribution in [0.1, 0.15) is 11.1 Å². The molecular formula is C48H34O2. The fraction of sp³-hybridized carbons (Fsp3) is 0.0833. The molecular weight excluding hydrogens is 609 g/mol. The first-order valence-electron chi connectivity index (χ1n) is 17.3. The highest BCUT2D eigenvalue weighted by atomic mass is 16.5. The predicted octanol–water partition coefficient (Wildman–Crippen LogP) is 7.89. The fourth-order valence-corrected chi connectivity index (χ4v) is 9.11. The zero-order chi connectivity index (χ0) is 33.3. The van der Waals surface area contributed by atoms with Crippen molar-refractivity contribution in [3.8, 4) is 22.6 Å². The average molecular weight is 643 g/mol. The number of rotatable bonds is 5. The Morgan fingerprint density at radius 3 is 1.18 bits per heavy atom. The van der Waals surface area contributed by atoms with Gasteiger partial charge < -0.3 is 9.47 Å². The number of benzene rings is 6. The maximum atomic E-state index is 6.71. The largest absolute Gasteiger partial charge is 0.495 e. The van der Waals surface area contributed by atoms with Crippen molar-refractivity contribution in [2.45, 2.75) is 0 Å². The Balaban J connectivity index is 1.49. The minimum atomic E-state index is 0.125. The van der Waals surface area contributed by atoms with Gasteiger partial charge in [0.25, 0.3) is 0 Å². The van der Waals surface area contributed by atoms with E-state index in [-0.39, 0.29) is 11.8 Å². The summed E-state index contributed by atoms with van der Waals surface area (Å²) in [6.45, 7) is 0. The van der Waals surface area contributed by atoms with Gasteiger partial charge in [-0.1, -0.05) is 158 Å². The molecule has 2 atom stereocenters. The van der Waals surface area contributed by atoms with Crippen molar-refractivity contribution in [3.05, 3.63) is 190 Å². The molecule has 0 unspecified atom stereocenters. The Morgan fingerprint density at radius 2 is 0.780 bits per heavy atom. The van der Waals surface area contributed by atoms with Gasteiger partial charge in [0.2, 0.25) is 0 Å². The van der Waals surface area contributed by atoms with Gasteiger partial charge in [0.1, 0.15) is 11.5 Å². The van der Waals surface area contributed by atoms with Crippen LogP contribution in [0, 0.1) is 11.8 Å². The fourth-order valence-electron chi connectivity index (χ4n) is 9.11. The molecule has 0 saturated carbocycles. The number of hydrogen-bond acceptors (Lipinski definition) is 2. The Kier molecular flexibility index (Phi) is 6.47. The zero-order valence-corrected chi connectivity index (χ0v) is 28.0. The smallest absolute Gasteiger partial charge is 0.135 e. The molecule has 6 aromatic carbocycles. The highest BCUT2D eigenvalue weighted by Crippen LogP contribution is 2.46. The van der Waals surface area contributed by atoms with Gasteiger partial charge >= 0.3 is 0 Å². The molecule has 0 aliphatic heterocycles.